The Morgan fingerprint density at radius 3 is 2.65 bits per heavy atom. The molecule has 1 saturated carbocycles. The van der Waals surface area contributed by atoms with Crippen LogP contribution in [0.5, 0.6) is 0 Å². The average Bonchev–Trinajstić information content (AvgIpc) is 2.81. The SMILES string of the molecule is O=S(=O)(CC1CCCC1)C1CCc2ccccc2NC1. The highest BCUT2D eigenvalue weighted by atomic mass is 32.2. The first-order valence-electron chi connectivity index (χ1n) is 7.68. The minimum atomic E-state index is -2.97. The van der Waals surface area contributed by atoms with Crippen LogP contribution in [0.3, 0.4) is 0 Å². The van der Waals surface area contributed by atoms with Crippen LogP contribution in [0.1, 0.15) is 37.7 Å². The Kier molecular flexibility index (Phi) is 4.01. The molecule has 3 nitrogen and oxygen atoms in total. The van der Waals surface area contributed by atoms with Crippen molar-refractivity contribution in [2.24, 2.45) is 5.92 Å². The van der Waals surface area contributed by atoms with Crippen molar-refractivity contribution in [3.63, 3.8) is 0 Å². The Balaban J connectivity index is 1.69. The van der Waals surface area contributed by atoms with Crippen LogP contribution in [0.2, 0.25) is 0 Å². The summed E-state index contributed by atoms with van der Waals surface area (Å²) in [6.07, 6.45) is 6.21. The monoisotopic (exact) mass is 293 g/mol. The van der Waals surface area contributed by atoms with Gasteiger partial charge >= 0.3 is 0 Å². The highest BCUT2D eigenvalue weighted by Gasteiger charge is 2.31. The number of benzene rings is 1. The van der Waals surface area contributed by atoms with Gasteiger partial charge in [-0.15, -0.1) is 0 Å². The van der Waals surface area contributed by atoms with E-state index in [1.165, 1.54) is 18.4 Å². The van der Waals surface area contributed by atoms with E-state index in [1.54, 1.807) is 0 Å². The molecule has 1 aromatic carbocycles. The van der Waals surface area contributed by atoms with E-state index >= 15 is 0 Å². The molecule has 20 heavy (non-hydrogen) atoms. The molecule has 0 bridgehead atoms. The van der Waals surface area contributed by atoms with Gasteiger partial charge in [0, 0.05) is 12.2 Å². The molecule has 1 unspecified atom stereocenters. The first-order valence-corrected chi connectivity index (χ1v) is 9.40. The smallest absolute Gasteiger partial charge is 0.155 e. The van der Waals surface area contributed by atoms with Gasteiger partial charge in [-0.1, -0.05) is 31.0 Å². The molecule has 1 aliphatic heterocycles. The van der Waals surface area contributed by atoms with Gasteiger partial charge in [0.25, 0.3) is 0 Å². The molecular weight excluding hydrogens is 270 g/mol. The number of para-hydroxylation sites is 1. The van der Waals surface area contributed by atoms with Crippen molar-refractivity contribution >= 4 is 15.5 Å². The Morgan fingerprint density at radius 1 is 1.10 bits per heavy atom. The summed E-state index contributed by atoms with van der Waals surface area (Å²) in [5.41, 5.74) is 2.34. The van der Waals surface area contributed by atoms with Crippen LogP contribution in [0.15, 0.2) is 24.3 Å². The third-order valence-electron chi connectivity index (χ3n) is 4.72. The van der Waals surface area contributed by atoms with Crippen molar-refractivity contribution in [1.29, 1.82) is 0 Å². The molecule has 1 heterocycles. The van der Waals surface area contributed by atoms with Crippen molar-refractivity contribution in [2.45, 2.75) is 43.8 Å². The molecule has 1 aliphatic carbocycles. The summed E-state index contributed by atoms with van der Waals surface area (Å²) in [5, 5.41) is 3.10. The molecule has 2 aliphatic rings. The lowest BCUT2D eigenvalue weighted by Crippen LogP contribution is -2.32. The quantitative estimate of drug-likeness (QED) is 0.932. The number of rotatable bonds is 3. The van der Waals surface area contributed by atoms with Gasteiger partial charge in [-0.05, 0) is 43.2 Å². The third kappa shape index (κ3) is 3.00. The maximum absolute atomic E-state index is 12.6. The second-order valence-corrected chi connectivity index (χ2v) is 8.50. The van der Waals surface area contributed by atoms with Gasteiger partial charge in [0.15, 0.2) is 9.84 Å². The number of sulfone groups is 1. The van der Waals surface area contributed by atoms with E-state index in [2.05, 4.69) is 11.4 Å². The first kappa shape index (κ1) is 13.9. The largest absolute Gasteiger partial charge is 0.384 e. The Morgan fingerprint density at radius 2 is 1.85 bits per heavy atom. The molecule has 3 rings (SSSR count). The van der Waals surface area contributed by atoms with E-state index in [1.807, 2.05) is 18.2 Å². The van der Waals surface area contributed by atoms with Gasteiger partial charge in [-0.25, -0.2) is 8.42 Å². The van der Waals surface area contributed by atoms with Crippen molar-refractivity contribution in [1.82, 2.24) is 0 Å². The van der Waals surface area contributed by atoms with E-state index < -0.39 is 9.84 Å². The molecule has 1 atom stereocenters. The highest BCUT2D eigenvalue weighted by molar-refractivity contribution is 7.92. The summed E-state index contributed by atoms with van der Waals surface area (Å²) in [4.78, 5) is 0. The summed E-state index contributed by atoms with van der Waals surface area (Å²) in [6.45, 7) is 0.562. The van der Waals surface area contributed by atoms with Gasteiger partial charge in [-0.3, -0.25) is 0 Å². The van der Waals surface area contributed by atoms with Crippen molar-refractivity contribution in [3.8, 4) is 0 Å². The topological polar surface area (TPSA) is 46.2 Å². The number of aryl methyl sites for hydroxylation is 1. The number of fused-ring (bicyclic) bond motifs is 1. The minimum absolute atomic E-state index is 0.226. The summed E-state index contributed by atoms with van der Waals surface area (Å²) >= 11 is 0. The molecule has 1 aromatic rings. The van der Waals surface area contributed by atoms with E-state index in [9.17, 15) is 8.42 Å². The Labute approximate surface area is 121 Å². The van der Waals surface area contributed by atoms with Crippen LogP contribution in [-0.4, -0.2) is 26.0 Å². The highest BCUT2D eigenvalue weighted by Crippen LogP contribution is 2.29. The first-order chi connectivity index (χ1) is 9.65. The van der Waals surface area contributed by atoms with Crippen LogP contribution in [-0.2, 0) is 16.3 Å². The molecule has 110 valence electrons. The third-order valence-corrected chi connectivity index (χ3v) is 7.08. The fourth-order valence-corrected chi connectivity index (χ4v) is 5.58. The molecule has 0 spiro atoms. The zero-order valence-electron chi connectivity index (χ0n) is 11.8. The lowest BCUT2D eigenvalue weighted by Gasteiger charge is -2.18. The molecule has 1 fully saturated rings. The van der Waals surface area contributed by atoms with Crippen LogP contribution < -0.4 is 5.32 Å². The van der Waals surface area contributed by atoms with E-state index in [4.69, 9.17) is 0 Å². The van der Waals surface area contributed by atoms with E-state index in [0.29, 0.717) is 18.2 Å². The van der Waals surface area contributed by atoms with Gasteiger partial charge < -0.3 is 5.32 Å². The van der Waals surface area contributed by atoms with Crippen LogP contribution in [0.4, 0.5) is 5.69 Å². The summed E-state index contributed by atoms with van der Waals surface area (Å²) in [6, 6.07) is 8.16. The summed E-state index contributed by atoms with van der Waals surface area (Å²) in [7, 11) is -2.97. The van der Waals surface area contributed by atoms with Gasteiger partial charge in [-0.2, -0.15) is 0 Å². The van der Waals surface area contributed by atoms with Crippen molar-refractivity contribution in [3.05, 3.63) is 29.8 Å². The van der Waals surface area contributed by atoms with Crippen LogP contribution >= 0.6 is 0 Å². The predicted molar refractivity (Wildman–Crippen MR) is 82.8 cm³/mol. The zero-order valence-corrected chi connectivity index (χ0v) is 12.7. The van der Waals surface area contributed by atoms with Gasteiger partial charge in [0.05, 0.1) is 11.0 Å². The second kappa shape index (κ2) is 5.76. The molecule has 1 N–H and O–H groups in total. The maximum Gasteiger partial charge on any atom is 0.155 e. The number of hydrogen-bond donors (Lipinski definition) is 1. The maximum atomic E-state index is 12.6. The fraction of sp³-hybridized carbons (Fsp3) is 0.625. The Hall–Kier alpha value is -1.03. The number of nitrogens with one attached hydrogen (secondary N) is 1. The number of hydrogen-bond acceptors (Lipinski definition) is 3. The van der Waals surface area contributed by atoms with Crippen molar-refractivity contribution in [2.75, 3.05) is 17.6 Å². The molecular formula is C16H23NO2S. The normalized spacial score (nSPS) is 23.9. The van der Waals surface area contributed by atoms with Gasteiger partial charge in [0.1, 0.15) is 0 Å². The lowest BCUT2D eigenvalue weighted by molar-refractivity contribution is 0.543. The lowest BCUT2D eigenvalue weighted by atomic mass is 10.1. The Bertz CT molecular complexity index is 535. The van der Waals surface area contributed by atoms with E-state index in [0.717, 1.165) is 31.4 Å². The molecule has 0 radical (unpaired) electrons. The standard InChI is InChI=1S/C16H23NO2S/c18-20(19,12-13-5-1-2-6-13)15-10-9-14-7-3-4-8-16(14)17-11-15/h3-4,7-8,13,15,17H,1-2,5-6,9-12H2. The number of anilines is 1. The van der Waals surface area contributed by atoms with Crippen molar-refractivity contribution < 1.29 is 8.42 Å². The molecule has 0 saturated heterocycles. The van der Waals surface area contributed by atoms with Crippen LogP contribution in [0.25, 0.3) is 0 Å². The zero-order chi connectivity index (χ0) is 14.0. The fourth-order valence-electron chi connectivity index (χ4n) is 3.50. The predicted octanol–water partition coefficient (Wildman–Crippen LogP) is 3.02. The van der Waals surface area contributed by atoms with E-state index in [-0.39, 0.29) is 5.25 Å². The molecule has 0 aromatic heterocycles. The van der Waals surface area contributed by atoms with Gasteiger partial charge in [0.2, 0.25) is 0 Å². The minimum Gasteiger partial charge on any atom is -0.384 e. The summed E-state index contributed by atoms with van der Waals surface area (Å²) in [5.74, 6) is 0.806. The summed E-state index contributed by atoms with van der Waals surface area (Å²) < 4.78 is 25.2. The molecule has 4 heteroatoms. The van der Waals surface area contributed by atoms with Crippen LogP contribution in [0, 0.1) is 5.92 Å². The molecule has 0 amide bonds. The second-order valence-electron chi connectivity index (χ2n) is 6.18. The average molecular weight is 293 g/mol.